The Morgan fingerprint density at radius 1 is 0.962 bits per heavy atom. The number of aliphatic hydroxyl groups is 2. The maximum Gasteiger partial charge on any atom is 0.324 e. The number of hydrogen-bond acceptors (Lipinski definition) is 6. The van der Waals surface area contributed by atoms with Crippen molar-refractivity contribution in [3.8, 4) is 5.75 Å². The maximum absolute atomic E-state index is 12.4. The first-order valence-electron chi connectivity index (χ1n) is 8.30. The fourth-order valence-electron chi connectivity index (χ4n) is 2.22. The third-order valence-electron chi connectivity index (χ3n) is 4.00. The molecule has 0 amide bonds. The van der Waals surface area contributed by atoms with Crippen LogP contribution in [-0.2, 0) is 21.2 Å². The summed E-state index contributed by atoms with van der Waals surface area (Å²) in [4.78, 5) is 22.6. The van der Waals surface area contributed by atoms with Crippen LogP contribution in [-0.4, -0.2) is 36.0 Å². The second kappa shape index (κ2) is 9.45. The molecular formula is C20H24O6. The summed E-state index contributed by atoms with van der Waals surface area (Å²) in [5.74, 6) is -0.460. The molecule has 0 aliphatic carbocycles. The van der Waals surface area contributed by atoms with Crippen LogP contribution in [0.2, 0.25) is 0 Å². The Kier molecular flexibility index (Phi) is 7.29. The third-order valence-corrected chi connectivity index (χ3v) is 4.00. The Morgan fingerprint density at radius 3 is 2.27 bits per heavy atom. The van der Waals surface area contributed by atoms with Crippen LogP contribution in [0.5, 0.6) is 5.75 Å². The van der Waals surface area contributed by atoms with Crippen LogP contribution in [0.4, 0.5) is 0 Å². The SMILES string of the molecule is Cc1ccc(OC(=O)C(CO)(CO)COOCc2cccc(C)c2)cc1. The number of hydrogen-bond donors (Lipinski definition) is 2. The minimum Gasteiger partial charge on any atom is -0.426 e. The van der Waals surface area contributed by atoms with Crippen molar-refractivity contribution in [2.45, 2.75) is 20.5 Å². The van der Waals surface area contributed by atoms with Crippen LogP contribution in [0.25, 0.3) is 0 Å². The lowest BCUT2D eigenvalue weighted by atomic mass is 9.91. The normalized spacial score (nSPS) is 11.4. The molecule has 2 N–H and O–H groups in total. The highest BCUT2D eigenvalue weighted by Crippen LogP contribution is 2.22. The molecule has 26 heavy (non-hydrogen) atoms. The van der Waals surface area contributed by atoms with Crippen molar-refractivity contribution < 1.29 is 29.5 Å². The molecule has 2 aromatic carbocycles. The van der Waals surface area contributed by atoms with E-state index < -0.39 is 24.6 Å². The van der Waals surface area contributed by atoms with Crippen molar-refractivity contribution in [1.82, 2.24) is 0 Å². The summed E-state index contributed by atoms with van der Waals surface area (Å²) in [5, 5.41) is 19.3. The van der Waals surface area contributed by atoms with Crippen molar-refractivity contribution in [2.24, 2.45) is 5.41 Å². The molecule has 0 radical (unpaired) electrons. The standard InChI is InChI=1S/C20H24O6/c1-15-6-8-18(9-7-15)26-19(23)20(12-21,13-22)14-25-24-11-17-5-3-4-16(2)10-17/h3-10,21-22H,11-14H2,1-2H3. The van der Waals surface area contributed by atoms with Crippen LogP contribution < -0.4 is 4.74 Å². The summed E-state index contributed by atoms with van der Waals surface area (Å²) in [5.41, 5.74) is 1.41. The highest BCUT2D eigenvalue weighted by molar-refractivity contribution is 5.79. The van der Waals surface area contributed by atoms with Gasteiger partial charge in [-0.15, -0.1) is 0 Å². The predicted octanol–water partition coefficient (Wildman–Crippen LogP) is 2.33. The highest BCUT2D eigenvalue weighted by Gasteiger charge is 2.40. The zero-order chi connectivity index (χ0) is 19.0. The average Bonchev–Trinajstić information content (AvgIpc) is 2.64. The number of carbonyl (C=O) groups excluding carboxylic acids is 1. The van der Waals surface area contributed by atoms with E-state index in [2.05, 4.69) is 0 Å². The van der Waals surface area contributed by atoms with E-state index >= 15 is 0 Å². The van der Waals surface area contributed by atoms with Gasteiger partial charge in [0, 0.05) is 0 Å². The van der Waals surface area contributed by atoms with Gasteiger partial charge >= 0.3 is 5.97 Å². The average molecular weight is 360 g/mol. The molecule has 0 saturated heterocycles. The van der Waals surface area contributed by atoms with Gasteiger partial charge in [0.05, 0.1) is 13.2 Å². The number of esters is 1. The van der Waals surface area contributed by atoms with Gasteiger partial charge in [0.15, 0.2) is 0 Å². The molecule has 0 saturated carbocycles. The Morgan fingerprint density at radius 2 is 1.65 bits per heavy atom. The molecule has 140 valence electrons. The molecule has 2 rings (SSSR count). The third kappa shape index (κ3) is 5.37. The highest BCUT2D eigenvalue weighted by atomic mass is 17.2. The number of rotatable bonds is 9. The molecule has 0 spiro atoms. The first-order chi connectivity index (χ1) is 12.5. The van der Waals surface area contributed by atoms with Gasteiger partial charge in [0.1, 0.15) is 24.4 Å². The van der Waals surface area contributed by atoms with Crippen molar-refractivity contribution in [3.63, 3.8) is 0 Å². The Hall–Kier alpha value is -2.25. The maximum atomic E-state index is 12.4. The summed E-state index contributed by atoms with van der Waals surface area (Å²) < 4.78 is 5.25. The number of aryl methyl sites for hydroxylation is 2. The van der Waals surface area contributed by atoms with E-state index in [-0.39, 0.29) is 13.2 Å². The van der Waals surface area contributed by atoms with Gasteiger partial charge in [-0.1, -0.05) is 47.5 Å². The molecular weight excluding hydrogens is 336 g/mol. The molecule has 0 atom stereocenters. The largest absolute Gasteiger partial charge is 0.426 e. The van der Waals surface area contributed by atoms with Crippen LogP contribution in [0.15, 0.2) is 48.5 Å². The van der Waals surface area contributed by atoms with Gasteiger partial charge in [-0.25, -0.2) is 9.78 Å². The van der Waals surface area contributed by atoms with Crippen molar-refractivity contribution in [3.05, 3.63) is 65.2 Å². The van der Waals surface area contributed by atoms with Crippen LogP contribution in [0, 0.1) is 19.3 Å². The lowest BCUT2D eigenvalue weighted by Crippen LogP contribution is -2.45. The van der Waals surface area contributed by atoms with E-state index in [4.69, 9.17) is 14.5 Å². The van der Waals surface area contributed by atoms with Gasteiger partial charge < -0.3 is 14.9 Å². The summed E-state index contributed by atoms with van der Waals surface area (Å²) in [7, 11) is 0. The Labute approximate surface area is 152 Å². The van der Waals surface area contributed by atoms with E-state index in [1.165, 1.54) is 0 Å². The van der Waals surface area contributed by atoms with E-state index in [1.807, 2.05) is 38.1 Å². The molecule has 0 aromatic heterocycles. The summed E-state index contributed by atoms with van der Waals surface area (Å²) in [6.07, 6.45) is 0. The smallest absolute Gasteiger partial charge is 0.324 e. The van der Waals surface area contributed by atoms with Crippen LogP contribution in [0.1, 0.15) is 16.7 Å². The van der Waals surface area contributed by atoms with Gasteiger partial charge in [0.2, 0.25) is 0 Å². The molecule has 0 aliphatic heterocycles. The molecule has 2 aromatic rings. The van der Waals surface area contributed by atoms with E-state index in [0.717, 1.165) is 16.7 Å². The minimum atomic E-state index is -1.61. The van der Waals surface area contributed by atoms with E-state index in [1.54, 1.807) is 24.3 Å². The van der Waals surface area contributed by atoms with E-state index in [9.17, 15) is 15.0 Å². The Balaban J connectivity index is 1.92. The number of benzene rings is 2. The molecule has 0 heterocycles. The van der Waals surface area contributed by atoms with E-state index in [0.29, 0.717) is 5.75 Å². The second-order valence-corrected chi connectivity index (χ2v) is 6.31. The van der Waals surface area contributed by atoms with Gasteiger partial charge in [0.25, 0.3) is 0 Å². The zero-order valence-electron chi connectivity index (χ0n) is 15.0. The molecule has 0 unspecified atom stereocenters. The molecule has 0 bridgehead atoms. The summed E-state index contributed by atoms with van der Waals surface area (Å²) in [6, 6.07) is 14.6. The fraction of sp³-hybridized carbons (Fsp3) is 0.350. The first-order valence-corrected chi connectivity index (χ1v) is 8.30. The van der Waals surface area contributed by atoms with Crippen molar-refractivity contribution in [1.29, 1.82) is 0 Å². The lowest BCUT2D eigenvalue weighted by Gasteiger charge is -2.26. The monoisotopic (exact) mass is 360 g/mol. The fourth-order valence-corrected chi connectivity index (χ4v) is 2.22. The quantitative estimate of drug-likeness (QED) is 0.235. The van der Waals surface area contributed by atoms with Gasteiger partial charge in [-0.3, -0.25) is 4.79 Å². The van der Waals surface area contributed by atoms with Crippen LogP contribution in [0.3, 0.4) is 0 Å². The summed E-state index contributed by atoms with van der Waals surface area (Å²) >= 11 is 0. The van der Waals surface area contributed by atoms with Gasteiger partial charge in [-0.2, -0.15) is 0 Å². The number of carbonyl (C=O) groups is 1. The van der Waals surface area contributed by atoms with Gasteiger partial charge in [-0.05, 0) is 31.5 Å². The summed E-state index contributed by atoms with van der Waals surface area (Å²) in [6.45, 7) is 2.45. The molecule has 6 heteroatoms. The van der Waals surface area contributed by atoms with Crippen LogP contribution >= 0.6 is 0 Å². The van der Waals surface area contributed by atoms with Crippen molar-refractivity contribution >= 4 is 5.97 Å². The zero-order valence-corrected chi connectivity index (χ0v) is 15.0. The first kappa shape index (κ1) is 20.1. The molecule has 6 nitrogen and oxygen atoms in total. The molecule has 0 fully saturated rings. The number of ether oxygens (including phenoxy) is 1. The van der Waals surface area contributed by atoms with Crippen molar-refractivity contribution in [2.75, 3.05) is 19.8 Å². The predicted molar refractivity (Wildman–Crippen MR) is 95.3 cm³/mol. The molecule has 0 aliphatic rings. The Bertz CT molecular complexity index is 706. The lowest BCUT2D eigenvalue weighted by molar-refractivity contribution is -0.320. The topological polar surface area (TPSA) is 85.2 Å². The number of aliphatic hydroxyl groups excluding tert-OH is 2. The minimum absolute atomic E-state index is 0.182. The second-order valence-electron chi connectivity index (χ2n) is 6.31.